The molecule has 17 heavy (non-hydrogen) atoms. The van der Waals surface area contributed by atoms with Crippen molar-refractivity contribution in [2.75, 3.05) is 12.4 Å². The van der Waals surface area contributed by atoms with Crippen molar-refractivity contribution in [2.24, 2.45) is 5.92 Å². The molecule has 0 spiro atoms. The van der Waals surface area contributed by atoms with Crippen LogP contribution in [0, 0.1) is 12.8 Å². The van der Waals surface area contributed by atoms with Gasteiger partial charge in [-0.05, 0) is 30.7 Å². The highest BCUT2D eigenvalue weighted by Crippen LogP contribution is 2.16. The van der Waals surface area contributed by atoms with Crippen molar-refractivity contribution in [3.8, 4) is 0 Å². The maximum absolute atomic E-state index is 8.95. The first-order valence-electron chi connectivity index (χ1n) is 5.83. The van der Waals surface area contributed by atoms with Gasteiger partial charge in [-0.3, -0.25) is 0 Å². The number of thioether (sulfide) groups is 1. The predicted molar refractivity (Wildman–Crippen MR) is 72.3 cm³/mol. The molecule has 92 valence electrons. The molecule has 0 aliphatic carbocycles. The molecule has 0 bridgehead atoms. The molecule has 2 rings (SSSR count). The Bertz CT molecular complexity index is 495. The monoisotopic (exact) mass is 250 g/mol. The van der Waals surface area contributed by atoms with Crippen molar-refractivity contribution >= 4 is 17.4 Å². The molecular weight excluding hydrogens is 232 g/mol. The molecule has 0 fully saturated rings. The lowest BCUT2D eigenvalue weighted by Gasteiger charge is -2.05. The summed E-state index contributed by atoms with van der Waals surface area (Å²) in [5.74, 6) is 2.24. The van der Waals surface area contributed by atoms with Crippen molar-refractivity contribution in [1.29, 1.82) is 0 Å². The van der Waals surface area contributed by atoms with Gasteiger partial charge in [0.25, 0.3) is 0 Å². The minimum absolute atomic E-state index is 0.261. The van der Waals surface area contributed by atoms with Gasteiger partial charge in [-0.15, -0.1) is 0 Å². The molecule has 0 radical (unpaired) electrons. The molecule has 0 aliphatic heterocycles. The normalized spacial score (nSPS) is 13.1. The van der Waals surface area contributed by atoms with E-state index in [9.17, 15) is 0 Å². The second-order valence-electron chi connectivity index (χ2n) is 4.43. The summed E-state index contributed by atoms with van der Waals surface area (Å²) in [5, 5.41) is 8.95. The predicted octanol–water partition coefficient (Wildman–Crippen LogP) is 2.50. The van der Waals surface area contributed by atoms with Crippen molar-refractivity contribution in [1.82, 2.24) is 9.38 Å². The Labute approximate surface area is 106 Å². The van der Waals surface area contributed by atoms with E-state index in [0.717, 1.165) is 22.8 Å². The Morgan fingerprint density at radius 3 is 3.00 bits per heavy atom. The fourth-order valence-corrected chi connectivity index (χ4v) is 2.66. The molecule has 0 aromatic carbocycles. The van der Waals surface area contributed by atoms with Crippen LogP contribution in [0.25, 0.3) is 5.65 Å². The molecule has 0 saturated carbocycles. The Morgan fingerprint density at radius 2 is 2.29 bits per heavy atom. The zero-order valence-corrected chi connectivity index (χ0v) is 11.1. The van der Waals surface area contributed by atoms with Crippen molar-refractivity contribution in [3.05, 3.63) is 35.8 Å². The number of rotatable bonds is 5. The van der Waals surface area contributed by atoms with Crippen LogP contribution in [0.1, 0.15) is 18.3 Å². The summed E-state index contributed by atoms with van der Waals surface area (Å²) < 4.78 is 2.12. The highest BCUT2D eigenvalue weighted by Gasteiger charge is 2.05. The number of aryl methyl sites for hydroxylation is 1. The van der Waals surface area contributed by atoms with E-state index in [2.05, 4.69) is 35.5 Å². The van der Waals surface area contributed by atoms with Crippen molar-refractivity contribution in [2.45, 2.75) is 19.6 Å². The highest BCUT2D eigenvalue weighted by molar-refractivity contribution is 7.98. The second-order valence-corrected chi connectivity index (χ2v) is 5.46. The van der Waals surface area contributed by atoms with Gasteiger partial charge in [-0.1, -0.05) is 13.0 Å². The summed E-state index contributed by atoms with van der Waals surface area (Å²) in [6.45, 7) is 4.40. The SMILES string of the molecule is Cc1cccc2nc(CSCC(C)CO)cn12. The van der Waals surface area contributed by atoms with Crippen LogP contribution in [0.5, 0.6) is 0 Å². The van der Waals surface area contributed by atoms with E-state index >= 15 is 0 Å². The fourth-order valence-electron chi connectivity index (χ4n) is 1.69. The summed E-state index contributed by atoms with van der Waals surface area (Å²) >= 11 is 1.82. The van der Waals surface area contributed by atoms with Crippen LogP contribution in [-0.4, -0.2) is 26.9 Å². The molecule has 3 nitrogen and oxygen atoms in total. The number of aromatic nitrogens is 2. The molecule has 0 amide bonds. The maximum atomic E-state index is 8.95. The molecule has 4 heteroatoms. The number of aliphatic hydroxyl groups is 1. The molecule has 1 atom stereocenters. The number of hydrogen-bond donors (Lipinski definition) is 1. The van der Waals surface area contributed by atoms with E-state index in [0.29, 0.717) is 5.92 Å². The summed E-state index contributed by atoms with van der Waals surface area (Å²) in [4.78, 5) is 4.58. The molecule has 2 aromatic heterocycles. The Balaban J connectivity index is 2.02. The minimum Gasteiger partial charge on any atom is -0.396 e. The topological polar surface area (TPSA) is 37.5 Å². The number of fused-ring (bicyclic) bond motifs is 1. The van der Waals surface area contributed by atoms with Gasteiger partial charge in [0.15, 0.2) is 0 Å². The maximum Gasteiger partial charge on any atom is 0.137 e. The van der Waals surface area contributed by atoms with Gasteiger partial charge in [-0.2, -0.15) is 11.8 Å². The lowest BCUT2D eigenvalue weighted by Crippen LogP contribution is -2.03. The van der Waals surface area contributed by atoms with E-state index in [-0.39, 0.29) is 6.61 Å². The number of aliphatic hydroxyl groups excluding tert-OH is 1. The first-order valence-corrected chi connectivity index (χ1v) is 6.98. The zero-order valence-electron chi connectivity index (χ0n) is 10.3. The van der Waals surface area contributed by atoms with Crippen LogP contribution in [0.4, 0.5) is 0 Å². The van der Waals surface area contributed by atoms with Gasteiger partial charge in [0.2, 0.25) is 0 Å². The average Bonchev–Trinajstić information content (AvgIpc) is 2.73. The van der Waals surface area contributed by atoms with Crippen LogP contribution >= 0.6 is 11.8 Å². The largest absolute Gasteiger partial charge is 0.396 e. The van der Waals surface area contributed by atoms with E-state index in [1.165, 1.54) is 5.69 Å². The van der Waals surface area contributed by atoms with Crippen LogP contribution < -0.4 is 0 Å². The van der Waals surface area contributed by atoms with Crippen LogP contribution in [0.15, 0.2) is 24.4 Å². The van der Waals surface area contributed by atoms with Crippen LogP contribution in [0.2, 0.25) is 0 Å². The van der Waals surface area contributed by atoms with Crippen LogP contribution in [-0.2, 0) is 5.75 Å². The van der Waals surface area contributed by atoms with E-state index in [1.54, 1.807) is 0 Å². The van der Waals surface area contributed by atoms with Gasteiger partial charge >= 0.3 is 0 Å². The highest BCUT2D eigenvalue weighted by atomic mass is 32.2. The summed E-state index contributed by atoms with van der Waals surface area (Å²) in [6, 6.07) is 6.14. The fraction of sp³-hybridized carbons (Fsp3) is 0.462. The minimum atomic E-state index is 0.261. The Morgan fingerprint density at radius 1 is 1.47 bits per heavy atom. The quantitative estimate of drug-likeness (QED) is 0.886. The molecule has 1 unspecified atom stereocenters. The number of hydrogen-bond acceptors (Lipinski definition) is 3. The average molecular weight is 250 g/mol. The first-order chi connectivity index (χ1) is 8.20. The molecule has 1 N–H and O–H groups in total. The van der Waals surface area contributed by atoms with Gasteiger partial charge < -0.3 is 9.51 Å². The lowest BCUT2D eigenvalue weighted by molar-refractivity contribution is 0.250. The van der Waals surface area contributed by atoms with E-state index < -0.39 is 0 Å². The number of imidazole rings is 1. The smallest absolute Gasteiger partial charge is 0.137 e. The van der Waals surface area contributed by atoms with E-state index in [1.807, 2.05) is 23.9 Å². The molecule has 2 aromatic rings. The third-order valence-electron chi connectivity index (χ3n) is 2.71. The van der Waals surface area contributed by atoms with Gasteiger partial charge in [-0.25, -0.2) is 4.98 Å². The molecule has 0 saturated heterocycles. The van der Waals surface area contributed by atoms with E-state index in [4.69, 9.17) is 5.11 Å². The third kappa shape index (κ3) is 3.01. The van der Waals surface area contributed by atoms with Crippen LogP contribution in [0.3, 0.4) is 0 Å². The zero-order chi connectivity index (χ0) is 12.3. The summed E-state index contributed by atoms with van der Waals surface area (Å²) in [6.07, 6.45) is 2.10. The first kappa shape index (κ1) is 12.5. The molecular formula is C13H18N2OS. The number of nitrogens with zero attached hydrogens (tertiary/aromatic N) is 2. The molecule has 0 aliphatic rings. The lowest BCUT2D eigenvalue weighted by atomic mass is 10.2. The summed E-state index contributed by atoms with van der Waals surface area (Å²) in [5.41, 5.74) is 3.32. The standard InChI is InChI=1S/C13H18N2OS/c1-10(7-16)8-17-9-12-6-15-11(2)4-3-5-13(15)14-12/h3-6,10,16H,7-9H2,1-2H3. The number of pyridine rings is 1. The second kappa shape index (κ2) is 5.56. The Hall–Kier alpha value is -1.00. The van der Waals surface area contributed by atoms with Crippen molar-refractivity contribution < 1.29 is 5.11 Å². The molecule has 2 heterocycles. The van der Waals surface area contributed by atoms with Gasteiger partial charge in [0.05, 0.1) is 5.69 Å². The third-order valence-corrected chi connectivity index (χ3v) is 4.01. The van der Waals surface area contributed by atoms with Gasteiger partial charge in [0, 0.05) is 24.3 Å². The summed E-state index contributed by atoms with van der Waals surface area (Å²) in [7, 11) is 0. The Kier molecular flexibility index (Phi) is 4.07. The van der Waals surface area contributed by atoms with Crippen molar-refractivity contribution in [3.63, 3.8) is 0 Å². The van der Waals surface area contributed by atoms with Gasteiger partial charge in [0.1, 0.15) is 5.65 Å².